The molecule has 1 unspecified atom stereocenters. The van der Waals surface area contributed by atoms with Crippen LogP contribution in [0.3, 0.4) is 0 Å². The summed E-state index contributed by atoms with van der Waals surface area (Å²) in [6.07, 6.45) is 1.91. The van der Waals surface area contributed by atoms with Crippen LogP contribution in [0.2, 0.25) is 0 Å². The van der Waals surface area contributed by atoms with Crippen LogP contribution in [0.25, 0.3) is 11.2 Å². The Morgan fingerprint density at radius 3 is 3.23 bits per heavy atom. The normalized spacial score (nSPS) is 17.0. The van der Waals surface area contributed by atoms with Gasteiger partial charge in [0.15, 0.2) is 16.9 Å². The Balaban J connectivity index is 1.50. The number of nitrogens with two attached hydrogens (primary N) is 1. The van der Waals surface area contributed by atoms with Gasteiger partial charge in [-0.15, -0.1) is 5.10 Å². The van der Waals surface area contributed by atoms with Crippen molar-refractivity contribution in [2.24, 2.45) is 0 Å². The third-order valence-corrected chi connectivity index (χ3v) is 3.71. The van der Waals surface area contributed by atoms with Crippen LogP contribution in [0.15, 0.2) is 30.3 Å². The molecule has 0 saturated carbocycles. The van der Waals surface area contributed by atoms with E-state index in [4.69, 9.17) is 15.2 Å². The van der Waals surface area contributed by atoms with Crippen molar-refractivity contribution < 1.29 is 9.47 Å². The molecule has 0 fully saturated rings. The fraction of sp³-hybridized carbons (Fsp3) is 0.267. The van der Waals surface area contributed by atoms with Gasteiger partial charge in [-0.05, 0) is 24.5 Å². The molecule has 1 aliphatic rings. The maximum atomic E-state index is 5.96. The van der Waals surface area contributed by atoms with Crippen LogP contribution in [-0.2, 0) is 6.42 Å². The lowest BCUT2D eigenvalue weighted by Gasteiger charge is -2.26. The molecule has 0 radical (unpaired) electrons. The van der Waals surface area contributed by atoms with Crippen molar-refractivity contribution in [3.8, 4) is 11.5 Å². The van der Waals surface area contributed by atoms with E-state index < -0.39 is 0 Å². The molecule has 3 aromatic rings. The van der Waals surface area contributed by atoms with Crippen molar-refractivity contribution in [3.05, 3.63) is 35.9 Å². The third-order valence-electron chi connectivity index (χ3n) is 3.71. The van der Waals surface area contributed by atoms with Gasteiger partial charge in [0.05, 0.1) is 0 Å². The van der Waals surface area contributed by atoms with E-state index in [-0.39, 0.29) is 6.10 Å². The number of aromatic amines is 1. The summed E-state index contributed by atoms with van der Waals surface area (Å²) in [7, 11) is 0. The van der Waals surface area contributed by atoms with Gasteiger partial charge in [-0.2, -0.15) is 0 Å². The van der Waals surface area contributed by atoms with Crippen LogP contribution in [0.5, 0.6) is 11.5 Å². The molecule has 2 aromatic heterocycles. The summed E-state index contributed by atoms with van der Waals surface area (Å²) >= 11 is 0. The lowest BCUT2D eigenvalue weighted by atomic mass is 10.0. The van der Waals surface area contributed by atoms with Crippen LogP contribution >= 0.6 is 0 Å². The Morgan fingerprint density at radius 1 is 1.36 bits per heavy atom. The van der Waals surface area contributed by atoms with E-state index in [2.05, 4.69) is 26.5 Å². The number of aryl methyl sites for hydroxylation is 1. The van der Waals surface area contributed by atoms with E-state index in [1.807, 2.05) is 18.2 Å². The van der Waals surface area contributed by atoms with Crippen LogP contribution < -0.4 is 15.2 Å². The van der Waals surface area contributed by atoms with E-state index >= 15 is 0 Å². The summed E-state index contributed by atoms with van der Waals surface area (Å²) < 4.78 is 11.8. The number of H-pyrrole nitrogens is 1. The molecular weight excluding hydrogens is 282 g/mol. The minimum Gasteiger partial charge on any atom is -0.487 e. The highest BCUT2D eigenvalue weighted by Crippen LogP contribution is 2.28. The van der Waals surface area contributed by atoms with Crippen LogP contribution in [-0.4, -0.2) is 33.1 Å². The number of fused-ring (bicyclic) bond motifs is 2. The molecule has 3 N–H and O–H groups in total. The average Bonchev–Trinajstić information content (AvgIpc) is 3.00. The van der Waals surface area contributed by atoms with Gasteiger partial charge >= 0.3 is 0 Å². The maximum Gasteiger partial charge on any atom is 0.181 e. The second-order valence-electron chi connectivity index (χ2n) is 5.25. The number of pyridine rings is 1. The number of aromatic nitrogens is 4. The van der Waals surface area contributed by atoms with E-state index in [1.54, 1.807) is 6.07 Å². The Morgan fingerprint density at radius 2 is 2.27 bits per heavy atom. The number of nitrogens with zero attached hydrogens (tertiary/aromatic N) is 3. The highest BCUT2D eigenvalue weighted by atomic mass is 16.5. The zero-order valence-electron chi connectivity index (χ0n) is 11.8. The Hall–Kier alpha value is -2.83. The number of benzene rings is 1. The van der Waals surface area contributed by atoms with Crippen LogP contribution in [0.1, 0.15) is 12.0 Å². The van der Waals surface area contributed by atoms with Crippen molar-refractivity contribution in [2.75, 3.05) is 12.3 Å². The summed E-state index contributed by atoms with van der Waals surface area (Å²) in [5.41, 5.74) is 8.09. The highest BCUT2D eigenvalue weighted by Gasteiger charge is 2.20. The fourth-order valence-corrected chi connectivity index (χ4v) is 2.62. The lowest BCUT2D eigenvalue weighted by Crippen LogP contribution is -2.29. The predicted octanol–water partition coefficient (Wildman–Crippen LogP) is 1.71. The Kier molecular flexibility index (Phi) is 3.03. The first-order valence-electron chi connectivity index (χ1n) is 7.14. The molecule has 7 heteroatoms. The summed E-state index contributed by atoms with van der Waals surface area (Å²) in [5, 5.41) is 10.4. The fourth-order valence-electron chi connectivity index (χ4n) is 2.62. The molecule has 1 atom stereocenters. The van der Waals surface area contributed by atoms with Crippen molar-refractivity contribution in [2.45, 2.75) is 18.9 Å². The quantitative estimate of drug-likeness (QED) is 0.763. The summed E-state index contributed by atoms with van der Waals surface area (Å²) in [5.74, 6) is 1.87. The number of anilines is 1. The van der Waals surface area contributed by atoms with Crippen LogP contribution in [0, 0.1) is 0 Å². The molecule has 112 valence electrons. The SMILES string of the molecule is Nc1cc(OCC2CCc3ccccc3O2)c2nn[nH]c2n1. The molecule has 3 heterocycles. The van der Waals surface area contributed by atoms with Gasteiger partial charge in [-0.1, -0.05) is 23.4 Å². The zero-order chi connectivity index (χ0) is 14.9. The second-order valence-corrected chi connectivity index (χ2v) is 5.25. The average molecular weight is 297 g/mol. The van der Waals surface area contributed by atoms with Crippen molar-refractivity contribution in [1.82, 2.24) is 20.4 Å². The number of nitrogens with one attached hydrogen (secondary N) is 1. The smallest absolute Gasteiger partial charge is 0.181 e. The highest BCUT2D eigenvalue weighted by molar-refractivity contribution is 5.78. The van der Waals surface area contributed by atoms with Crippen molar-refractivity contribution in [3.63, 3.8) is 0 Å². The second kappa shape index (κ2) is 5.18. The molecule has 0 spiro atoms. The molecular formula is C15H15N5O2. The van der Waals surface area contributed by atoms with E-state index in [0.717, 1.165) is 18.6 Å². The summed E-state index contributed by atoms with van der Waals surface area (Å²) in [6.45, 7) is 0.430. The molecule has 0 aliphatic carbocycles. The predicted molar refractivity (Wildman–Crippen MR) is 80.8 cm³/mol. The Labute approximate surface area is 126 Å². The zero-order valence-corrected chi connectivity index (χ0v) is 11.8. The van der Waals surface area contributed by atoms with Gasteiger partial charge in [-0.3, -0.25) is 0 Å². The molecule has 7 nitrogen and oxygen atoms in total. The topological polar surface area (TPSA) is 98.9 Å². The first kappa shape index (κ1) is 12.9. The summed E-state index contributed by atoms with van der Waals surface area (Å²) in [6, 6.07) is 9.74. The molecule has 1 aliphatic heterocycles. The first-order chi connectivity index (χ1) is 10.8. The minimum atomic E-state index is 0.00578. The van der Waals surface area contributed by atoms with Crippen molar-refractivity contribution in [1.29, 1.82) is 0 Å². The first-order valence-corrected chi connectivity index (χ1v) is 7.14. The molecule has 0 amide bonds. The summed E-state index contributed by atoms with van der Waals surface area (Å²) in [4.78, 5) is 4.11. The number of para-hydroxylation sites is 1. The number of hydrogen-bond donors (Lipinski definition) is 2. The van der Waals surface area contributed by atoms with Crippen molar-refractivity contribution >= 4 is 17.0 Å². The van der Waals surface area contributed by atoms with E-state index in [0.29, 0.717) is 29.3 Å². The van der Waals surface area contributed by atoms with E-state index in [9.17, 15) is 0 Å². The third kappa shape index (κ3) is 2.30. The standard InChI is InChI=1S/C15H15N5O2/c16-13-7-12(14-15(17-13)19-20-18-14)21-8-10-6-5-9-3-1-2-4-11(9)22-10/h1-4,7,10H,5-6,8H2,(H3,16,17,18,19,20). The largest absolute Gasteiger partial charge is 0.487 e. The number of hydrogen-bond acceptors (Lipinski definition) is 6. The van der Waals surface area contributed by atoms with Gasteiger partial charge in [0, 0.05) is 6.07 Å². The number of nitrogen functional groups attached to an aromatic ring is 1. The van der Waals surface area contributed by atoms with E-state index in [1.165, 1.54) is 5.56 Å². The minimum absolute atomic E-state index is 0.00578. The van der Waals surface area contributed by atoms with Gasteiger partial charge in [0.2, 0.25) is 0 Å². The number of ether oxygens (including phenoxy) is 2. The molecule has 1 aromatic carbocycles. The maximum absolute atomic E-state index is 5.96. The van der Waals surface area contributed by atoms with Gasteiger partial charge in [-0.25, -0.2) is 10.1 Å². The Bertz CT molecular complexity index is 817. The monoisotopic (exact) mass is 297 g/mol. The lowest BCUT2D eigenvalue weighted by molar-refractivity contribution is 0.110. The molecule has 0 bridgehead atoms. The number of rotatable bonds is 3. The van der Waals surface area contributed by atoms with Gasteiger partial charge in [0.25, 0.3) is 0 Å². The molecule has 0 saturated heterocycles. The molecule has 4 rings (SSSR count). The van der Waals surface area contributed by atoms with Gasteiger partial charge in [0.1, 0.15) is 24.3 Å². The van der Waals surface area contributed by atoms with Crippen LogP contribution in [0.4, 0.5) is 5.82 Å². The van der Waals surface area contributed by atoms with Gasteiger partial charge < -0.3 is 15.2 Å². The molecule has 22 heavy (non-hydrogen) atoms.